The van der Waals surface area contributed by atoms with E-state index in [2.05, 4.69) is 0 Å². The molecule has 1 unspecified atom stereocenters. The maximum atomic E-state index is 13.7. The lowest BCUT2D eigenvalue weighted by atomic mass is 10.0. The molecule has 0 radical (unpaired) electrons. The molecule has 1 aromatic heterocycles. The second-order valence-corrected chi connectivity index (χ2v) is 8.58. The number of hydrogen-bond donors (Lipinski definition) is 0. The minimum atomic E-state index is -0.0625. The van der Waals surface area contributed by atoms with Crippen molar-refractivity contribution in [2.24, 2.45) is 0 Å². The Morgan fingerprint density at radius 1 is 1.14 bits per heavy atom. The Balaban J connectivity index is 1.60. The zero-order chi connectivity index (χ0) is 19.8. The molecule has 5 rings (SSSR count). The van der Waals surface area contributed by atoms with Crippen LogP contribution in [0.15, 0.2) is 60.7 Å². The number of halogens is 1. The van der Waals surface area contributed by atoms with Gasteiger partial charge in [0.15, 0.2) is 5.13 Å². The van der Waals surface area contributed by atoms with Crippen LogP contribution < -0.4 is 4.90 Å². The normalized spacial score (nSPS) is 16.5. The molecule has 1 aliphatic rings. The van der Waals surface area contributed by atoms with Gasteiger partial charge in [0, 0.05) is 12.2 Å². The van der Waals surface area contributed by atoms with Gasteiger partial charge < -0.3 is 4.74 Å². The largest absolute Gasteiger partial charge is 0.376 e. The Bertz CT molecular complexity index is 1190. The average molecular weight is 423 g/mol. The Morgan fingerprint density at radius 2 is 1.97 bits per heavy atom. The summed E-state index contributed by atoms with van der Waals surface area (Å²) in [5.41, 5.74) is 1.41. The SMILES string of the molecule is O=C(c1cccc2ccccc12)N(CC1CCCO1)c1nc2c(Cl)cccc2s1. The van der Waals surface area contributed by atoms with Crippen LogP contribution in [0.5, 0.6) is 0 Å². The third-order valence-electron chi connectivity index (χ3n) is 5.26. The molecule has 2 heterocycles. The van der Waals surface area contributed by atoms with Gasteiger partial charge in [0.1, 0.15) is 5.52 Å². The first-order valence-electron chi connectivity index (χ1n) is 9.67. The van der Waals surface area contributed by atoms with E-state index in [1.54, 1.807) is 4.90 Å². The highest BCUT2D eigenvalue weighted by molar-refractivity contribution is 7.22. The summed E-state index contributed by atoms with van der Waals surface area (Å²) in [5.74, 6) is -0.0625. The Hall–Kier alpha value is -2.47. The molecule has 4 aromatic rings. The van der Waals surface area contributed by atoms with Crippen LogP contribution >= 0.6 is 22.9 Å². The number of benzene rings is 3. The van der Waals surface area contributed by atoms with Crippen molar-refractivity contribution < 1.29 is 9.53 Å². The summed E-state index contributed by atoms with van der Waals surface area (Å²) in [6.45, 7) is 1.23. The summed E-state index contributed by atoms with van der Waals surface area (Å²) < 4.78 is 6.80. The molecule has 1 aliphatic heterocycles. The van der Waals surface area contributed by atoms with Crippen molar-refractivity contribution in [2.75, 3.05) is 18.1 Å². The van der Waals surface area contributed by atoms with Crippen LogP contribution in [0.25, 0.3) is 21.0 Å². The summed E-state index contributed by atoms with van der Waals surface area (Å²) in [7, 11) is 0. The molecule has 0 bridgehead atoms. The highest BCUT2D eigenvalue weighted by Gasteiger charge is 2.28. The van der Waals surface area contributed by atoms with E-state index in [1.165, 1.54) is 11.3 Å². The fourth-order valence-corrected chi connectivity index (χ4v) is 5.09. The van der Waals surface area contributed by atoms with Gasteiger partial charge in [-0.05, 0) is 41.8 Å². The van der Waals surface area contributed by atoms with Gasteiger partial charge in [-0.3, -0.25) is 9.69 Å². The van der Waals surface area contributed by atoms with E-state index in [1.807, 2.05) is 60.7 Å². The van der Waals surface area contributed by atoms with Crippen LogP contribution in [-0.4, -0.2) is 30.1 Å². The van der Waals surface area contributed by atoms with Crippen molar-refractivity contribution in [3.63, 3.8) is 0 Å². The third-order valence-corrected chi connectivity index (χ3v) is 6.61. The van der Waals surface area contributed by atoms with E-state index in [-0.39, 0.29) is 12.0 Å². The highest BCUT2D eigenvalue weighted by atomic mass is 35.5. The van der Waals surface area contributed by atoms with Crippen molar-refractivity contribution in [2.45, 2.75) is 18.9 Å². The second-order valence-electron chi connectivity index (χ2n) is 7.16. The Labute approximate surface area is 177 Å². The first kappa shape index (κ1) is 18.6. The molecule has 1 fully saturated rings. The minimum Gasteiger partial charge on any atom is -0.376 e. The number of carbonyl (C=O) groups excluding carboxylic acids is 1. The smallest absolute Gasteiger partial charge is 0.260 e. The average Bonchev–Trinajstić information content (AvgIpc) is 3.41. The molecular formula is C23H19ClN2O2S. The van der Waals surface area contributed by atoms with Gasteiger partial charge in [0.2, 0.25) is 0 Å². The molecule has 4 nitrogen and oxygen atoms in total. The maximum Gasteiger partial charge on any atom is 0.260 e. The fraction of sp³-hybridized carbons (Fsp3) is 0.217. The van der Waals surface area contributed by atoms with Gasteiger partial charge in [-0.2, -0.15) is 0 Å². The Kier molecular flexibility index (Phi) is 4.96. The standard InChI is InChI=1S/C23H19ClN2O2S/c24-19-11-4-12-20-21(19)25-23(29-20)26(14-16-8-5-13-28-16)22(27)18-10-3-7-15-6-1-2-9-17(15)18/h1-4,6-7,9-12,16H,5,8,13-14H2. The number of amides is 1. The molecule has 146 valence electrons. The summed E-state index contributed by atoms with van der Waals surface area (Å²) >= 11 is 7.82. The quantitative estimate of drug-likeness (QED) is 0.409. The molecule has 1 saturated heterocycles. The van der Waals surface area contributed by atoms with Crippen molar-refractivity contribution in [3.05, 3.63) is 71.2 Å². The van der Waals surface area contributed by atoms with E-state index >= 15 is 0 Å². The first-order chi connectivity index (χ1) is 14.2. The number of para-hydroxylation sites is 1. The van der Waals surface area contributed by atoms with Gasteiger partial charge in [0.25, 0.3) is 5.91 Å². The van der Waals surface area contributed by atoms with Crippen LogP contribution in [0.4, 0.5) is 5.13 Å². The summed E-state index contributed by atoms with van der Waals surface area (Å²) in [6, 6.07) is 19.5. The Morgan fingerprint density at radius 3 is 2.79 bits per heavy atom. The number of ether oxygens (including phenoxy) is 1. The predicted octanol–water partition coefficient (Wildman–Crippen LogP) is 5.93. The lowest BCUT2D eigenvalue weighted by Gasteiger charge is -2.23. The van der Waals surface area contributed by atoms with Crippen LogP contribution in [0, 0.1) is 0 Å². The second kappa shape index (κ2) is 7.75. The van der Waals surface area contributed by atoms with Gasteiger partial charge in [-0.1, -0.05) is 65.4 Å². The number of anilines is 1. The monoisotopic (exact) mass is 422 g/mol. The van der Waals surface area contributed by atoms with Gasteiger partial charge in [-0.15, -0.1) is 0 Å². The summed E-state index contributed by atoms with van der Waals surface area (Å²) in [4.78, 5) is 20.2. The molecular weight excluding hydrogens is 404 g/mol. The molecule has 0 N–H and O–H groups in total. The molecule has 1 atom stereocenters. The first-order valence-corrected chi connectivity index (χ1v) is 10.9. The van der Waals surface area contributed by atoms with Crippen molar-refractivity contribution in [3.8, 4) is 0 Å². The fourth-order valence-electron chi connectivity index (χ4n) is 3.82. The lowest BCUT2D eigenvalue weighted by Crippen LogP contribution is -2.37. The van der Waals surface area contributed by atoms with Gasteiger partial charge in [-0.25, -0.2) is 4.98 Å². The zero-order valence-electron chi connectivity index (χ0n) is 15.7. The molecule has 0 spiro atoms. The number of nitrogens with zero attached hydrogens (tertiary/aromatic N) is 2. The van der Waals surface area contributed by atoms with Crippen LogP contribution in [0.3, 0.4) is 0 Å². The number of thiazole rings is 1. The zero-order valence-corrected chi connectivity index (χ0v) is 17.2. The van der Waals surface area contributed by atoms with Crippen molar-refractivity contribution >= 4 is 55.0 Å². The molecule has 6 heteroatoms. The number of hydrogen-bond acceptors (Lipinski definition) is 4. The van der Waals surface area contributed by atoms with Crippen molar-refractivity contribution in [1.29, 1.82) is 0 Å². The summed E-state index contributed by atoms with van der Waals surface area (Å²) in [6.07, 6.45) is 1.99. The lowest BCUT2D eigenvalue weighted by molar-refractivity contribution is 0.0919. The molecule has 0 saturated carbocycles. The van der Waals surface area contributed by atoms with Crippen LogP contribution in [0.1, 0.15) is 23.2 Å². The molecule has 3 aromatic carbocycles. The van der Waals surface area contributed by atoms with E-state index in [9.17, 15) is 4.79 Å². The van der Waals surface area contributed by atoms with E-state index in [0.29, 0.717) is 22.3 Å². The van der Waals surface area contributed by atoms with Crippen LogP contribution in [-0.2, 0) is 4.74 Å². The minimum absolute atomic E-state index is 0.0245. The predicted molar refractivity (Wildman–Crippen MR) is 119 cm³/mol. The number of aromatic nitrogens is 1. The highest BCUT2D eigenvalue weighted by Crippen LogP contribution is 2.34. The molecule has 0 aliphatic carbocycles. The molecule has 1 amide bonds. The van der Waals surface area contributed by atoms with Gasteiger partial charge >= 0.3 is 0 Å². The van der Waals surface area contributed by atoms with Crippen LogP contribution in [0.2, 0.25) is 5.02 Å². The van der Waals surface area contributed by atoms with E-state index in [0.717, 1.165) is 40.4 Å². The number of fused-ring (bicyclic) bond motifs is 2. The topological polar surface area (TPSA) is 42.4 Å². The van der Waals surface area contributed by atoms with E-state index in [4.69, 9.17) is 21.3 Å². The molecule has 29 heavy (non-hydrogen) atoms. The summed E-state index contributed by atoms with van der Waals surface area (Å²) in [5, 5.41) is 3.24. The third kappa shape index (κ3) is 3.50. The maximum absolute atomic E-state index is 13.7. The van der Waals surface area contributed by atoms with E-state index < -0.39 is 0 Å². The number of carbonyl (C=O) groups is 1. The van der Waals surface area contributed by atoms with Crippen molar-refractivity contribution in [1.82, 2.24) is 4.98 Å². The number of rotatable bonds is 4. The van der Waals surface area contributed by atoms with Gasteiger partial charge in [0.05, 0.1) is 22.4 Å².